The standard InChI is InChI=1S/C21H19ClFN3O/c22-18-7-5-15(6-8-18)12-26-19-11-17(13-24-14-19)21(27)25-10-9-16-3-1-2-4-20(16)23/h1-8,11,13-14,26H,9-10,12H2,(H,25,27). The van der Waals surface area contributed by atoms with Crippen molar-refractivity contribution < 1.29 is 9.18 Å². The van der Waals surface area contributed by atoms with Crippen LogP contribution in [0, 0.1) is 5.82 Å². The van der Waals surface area contributed by atoms with Crippen molar-refractivity contribution in [3.8, 4) is 0 Å². The molecule has 0 aliphatic heterocycles. The van der Waals surface area contributed by atoms with Crippen molar-refractivity contribution >= 4 is 23.2 Å². The number of nitrogens with zero attached hydrogens (tertiary/aromatic N) is 1. The van der Waals surface area contributed by atoms with Gasteiger partial charge in [0.15, 0.2) is 0 Å². The summed E-state index contributed by atoms with van der Waals surface area (Å²) >= 11 is 5.88. The summed E-state index contributed by atoms with van der Waals surface area (Å²) in [5.41, 5.74) is 2.84. The Kier molecular flexibility index (Phi) is 6.39. The Hall–Kier alpha value is -2.92. The van der Waals surface area contributed by atoms with E-state index >= 15 is 0 Å². The Labute approximate surface area is 162 Å². The van der Waals surface area contributed by atoms with Gasteiger partial charge < -0.3 is 10.6 Å². The molecule has 1 amide bonds. The first kappa shape index (κ1) is 18.9. The number of nitrogens with one attached hydrogen (secondary N) is 2. The minimum absolute atomic E-state index is 0.242. The molecule has 0 unspecified atom stereocenters. The molecule has 0 atom stereocenters. The molecule has 3 aromatic rings. The van der Waals surface area contributed by atoms with Crippen LogP contribution in [0.2, 0.25) is 5.02 Å². The monoisotopic (exact) mass is 383 g/mol. The third kappa shape index (κ3) is 5.53. The van der Waals surface area contributed by atoms with Gasteiger partial charge in [-0.05, 0) is 41.8 Å². The number of carbonyl (C=O) groups excluding carboxylic acids is 1. The number of halogens is 2. The number of carbonyl (C=O) groups is 1. The fraction of sp³-hybridized carbons (Fsp3) is 0.143. The first-order valence-corrected chi connectivity index (χ1v) is 8.94. The molecular formula is C21H19ClFN3O. The zero-order valence-electron chi connectivity index (χ0n) is 14.6. The van der Waals surface area contributed by atoms with E-state index in [9.17, 15) is 9.18 Å². The maximum absolute atomic E-state index is 13.6. The van der Waals surface area contributed by atoms with Gasteiger partial charge in [0.25, 0.3) is 5.91 Å². The molecule has 0 aliphatic carbocycles. The molecule has 0 spiro atoms. The second kappa shape index (κ2) is 9.14. The lowest BCUT2D eigenvalue weighted by atomic mass is 10.1. The third-order valence-corrected chi connectivity index (χ3v) is 4.30. The topological polar surface area (TPSA) is 54.0 Å². The summed E-state index contributed by atoms with van der Waals surface area (Å²) in [6, 6.07) is 15.8. The number of rotatable bonds is 7. The predicted molar refractivity (Wildman–Crippen MR) is 105 cm³/mol. The first-order chi connectivity index (χ1) is 13.1. The van der Waals surface area contributed by atoms with Crippen LogP contribution in [0.25, 0.3) is 0 Å². The number of benzene rings is 2. The van der Waals surface area contributed by atoms with E-state index in [1.54, 1.807) is 30.5 Å². The van der Waals surface area contributed by atoms with Crippen molar-refractivity contribution in [3.63, 3.8) is 0 Å². The maximum Gasteiger partial charge on any atom is 0.252 e. The van der Waals surface area contributed by atoms with E-state index < -0.39 is 0 Å². The predicted octanol–water partition coefficient (Wildman–Crippen LogP) is 4.46. The molecule has 138 valence electrons. The largest absolute Gasteiger partial charge is 0.380 e. The number of pyridine rings is 1. The SMILES string of the molecule is O=C(NCCc1ccccc1F)c1cncc(NCc2ccc(Cl)cc2)c1. The average Bonchev–Trinajstić information content (AvgIpc) is 2.69. The van der Waals surface area contributed by atoms with Crippen LogP contribution >= 0.6 is 11.6 Å². The van der Waals surface area contributed by atoms with E-state index in [-0.39, 0.29) is 11.7 Å². The zero-order valence-corrected chi connectivity index (χ0v) is 15.3. The van der Waals surface area contributed by atoms with Crippen molar-refractivity contribution in [2.45, 2.75) is 13.0 Å². The van der Waals surface area contributed by atoms with Crippen LogP contribution in [0.4, 0.5) is 10.1 Å². The van der Waals surface area contributed by atoms with Crippen LogP contribution in [-0.2, 0) is 13.0 Å². The summed E-state index contributed by atoms with van der Waals surface area (Å²) in [5, 5.41) is 6.71. The van der Waals surface area contributed by atoms with Crippen molar-refractivity contribution in [3.05, 3.63) is 94.5 Å². The van der Waals surface area contributed by atoms with Crippen LogP contribution in [0.3, 0.4) is 0 Å². The Morgan fingerprint density at radius 1 is 1.07 bits per heavy atom. The van der Waals surface area contributed by atoms with Gasteiger partial charge in [-0.25, -0.2) is 4.39 Å². The second-order valence-corrected chi connectivity index (χ2v) is 6.48. The molecule has 2 N–H and O–H groups in total. The number of amides is 1. The van der Waals surface area contributed by atoms with Crippen LogP contribution in [0.1, 0.15) is 21.5 Å². The highest BCUT2D eigenvalue weighted by Crippen LogP contribution is 2.13. The van der Waals surface area contributed by atoms with E-state index in [0.29, 0.717) is 35.7 Å². The number of hydrogen-bond acceptors (Lipinski definition) is 3. The molecule has 0 radical (unpaired) electrons. The molecule has 0 fully saturated rings. The molecule has 2 aromatic carbocycles. The summed E-state index contributed by atoms with van der Waals surface area (Å²) in [5.74, 6) is -0.504. The van der Waals surface area contributed by atoms with Crippen LogP contribution in [0.15, 0.2) is 67.0 Å². The molecule has 4 nitrogen and oxygen atoms in total. The van der Waals surface area contributed by atoms with Gasteiger partial charge in [-0.1, -0.05) is 41.9 Å². The van der Waals surface area contributed by atoms with E-state index in [0.717, 1.165) is 11.3 Å². The van der Waals surface area contributed by atoms with Gasteiger partial charge in [0, 0.05) is 30.5 Å². The van der Waals surface area contributed by atoms with Gasteiger partial charge in [-0.2, -0.15) is 0 Å². The normalized spacial score (nSPS) is 10.4. The average molecular weight is 384 g/mol. The Morgan fingerprint density at radius 3 is 2.63 bits per heavy atom. The quantitative estimate of drug-likeness (QED) is 0.633. The summed E-state index contributed by atoms with van der Waals surface area (Å²) < 4.78 is 13.6. The highest BCUT2D eigenvalue weighted by Gasteiger charge is 2.08. The summed E-state index contributed by atoms with van der Waals surface area (Å²) in [4.78, 5) is 16.4. The fourth-order valence-corrected chi connectivity index (χ4v) is 2.71. The molecule has 0 saturated carbocycles. The second-order valence-electron chi connectivity index (χ2n) is 6.04. The van der Waals surface area contributed by atoms with E-state index in [1.165, 1.54) is 12.3 Å². The molecule has 0 aliphatic rings. The Morgan fingerprint density at radius 2 is 1.85 bits per heavy atom. The molecule has 1 aromatic heterocycles. The molecule has 27 heavy (non-hydrogen) atoms. The van der Waals surface area contributed by atoms with Gasteiger partial charge >= 0.3 is 0 Å². The first-order valence-electron chi connectivity index (χ1n) is 8.57. The van der Waals surface area contributed by atoms with Crippen LogP contribution < -0.4 is 10.6 Å². The fourth-order valence-electron chi connectivity index (χ4n) is 2.58. The minimum atomic E-state index is -0.262. The van der Waals surface area contributed by atoms with E-state index in [4.69, 9.17) is 11.6 Å². The van der Waals surface area contributed by atoms with Gasteiger partial charge in [0.2, 0.25) is 0 Å². The van der Waals surface area contributed by atoms with Crippen LogP contribution in [-0.4, -0.2) is 17.4 Å². The summed E-state index contributed by atoms with van der Waals surface area (Å²) in [6.07, 6.45) is 3.60. The molecular weight excluding hydrogens is 365 g/mol. The summed E-state index contributed by atoms with van der Waals surface area (Å²) in [6.45, 7) is 0.944. The highest BCUT2D eigenvalue weighted by molar-refractivity contribution is 6.30. The number of aromatic nitrogens is 1. The highest BCUT2D eigenvalue weighted by atomic mass is 35.5. The maximum atomic E-state index is 13.6. The smallest absolute Gasteiger partial charge is 0.252 e. The summed E-state index contributed by atoms with van der Waals surface area (Å²) in [7, 11) is 0. The van der Waals surface area contributed by atoms with Gasteiger partial charge in [0.05, 0.1) is 11.3 Å². The number of anilines is 1. The Bertz CT molecular complexity index is 915. The lowest BCUT2D eigenvalue weighted by Crippen LogP contribution is -2.26. The van der Waals surface area contributed by atoms with Gasteiger partial charge in [-0.3, -0.25) is 9.78 Å². The van der Waals surface area contributed by atoms with E-state index in [2.05, 4.69) is 15.6 Å². The van der Waals surface area contributed by atoms with Crippen molar-refractivity contribution in [2.24, 2.45) is 0 Å². The van der Waals surface area contributed by atoms with Crippen LogP contribution in [0.5, 0.6) is 0 Å². The molecule has 0 bridgehead atoms. The lowest BCUT2D eigenvalue weighted by molar-refractivity contribution is 0.0953. The molecule has 6 heteroatoms. The lowest BCUT2D eigenvalue weighted by Gasteiger charge is -2.09. The Balaban J connectivity index is 1.53. The zero-order chi connectivity index (χ0) is 19.1. The van der Waals surface area contributed by atoms with Crippen molar-refractivity contribution in [2.75, 3.05) is 11.9 Å². The van der Waals surface area contributed by atoms with E-state index in [1.807, 2.05) is 24.3 Å². The van der Waals surface area contributed by atoms with Gasteiger partial charge in [-0.15, -0.1) is 0 Å². The molecule has 3 rings (SSSR count). The molecule has 1 heterocycles. The van der Waals surface area contributed by atoms with Crippen molar-refractivity contribution in [1.82, 2.24) is 10.3 Å². The van der Waals surface area contributed by atoms with Crippen molar-refractivity contribution in [1.29, 1.82) is 0 Å². The van der Waals surface area contributed by atoms with Gasteiger partial charge in [0.1, 0.15) is 5.82 Å². The minimum Gasteiger partial charge on any atom is -0.380 e. The number of hydrogen-bond donors (Lipinski definition) is 2. The third-order valence-electron chi connectivity index (χ3n) is 4.05. The molecule has 0 saturated heterocycles.